The molecule has 0 unspecified atom stereocenters. The number of hydrogen-bond donors (Lipinski definition) is 0. The van der Waals surface area contributed by atoms with Crippen molar-refractivity contribution in [3.05, 3.63) is 46.3 Å². The minimum absolute atomic E-state index is 0. The fourth-order valence-electron chi connectivity index (χ4n) is 1.17. The molecule has 0 atom stereocenters. The van der Waals surface area contributed by atoms with Gasteiger partial charge in [0.15, 0.2) is 0 Å². The first-order chi connectivity index (χ1) is 5.77. The first kappa shape index (κ1) is 10.6. The predicted octanol–water partition coefficient (Wildman–Crippen LogP) is 1.90. The number of benzene rings is 1. The maximum atomic E-state index is 10.9. The molecule has 0 N–H and O–H groups in total. The second kappa shape index (κ2) is 4.16. The minimum atomic E-state index is -0.309. The first-order valence-corrected chi connectivity index (χ1v) is 3.68. The van der Waals surface area contributed by atoms with E-state index in [0.717, 1.165) is 10.9 Å². The van der Waals surface area contributed by atoms with Gasteiger partial charge in [-0.25, -0.2) is 4.79 Å². The maximum absolute atomic E-state index is 10.9. The summed E-state index contributed by atoms with van der Waals surface area (Å²) in [6.45, 7) is 1.89. The summed E-state index contributed by atoms with van der Waals surface area (Å²) in [4.78, 5) is 10.9. The molecule has 2 nitrogen and oxygen atoms in total. The van der Waals surface area contributed by atoms with Crippen LogP contribution in [0.2, 0.25) is 0 Å². The molecule has 1 aromatic heterocycles. The third-order valence-electron chi connectivity index (χ3n) is 1.76. The molecule has 60 valence electrons. The zero-order valence-electron chi connectivity index (χ0n) is 7.20. The SMILES string of the molecule is Cc1c[c-]cc2ccc(=O)oc12.[Y+3]. The third kappa shape index (κ3) is 2.06. The van der Waals surface area contributed by atoms with Crippen molar-refractivity contribution < 1.29 is 37.1 Å². The van der Waals surface area contributed by atoms with Crippen molar-refractivity contribution in [2.24, 2.45) is 0 Å². The summed E-state index contributed by atoms with van der Waals surface area (Å²) < 4.78 is 5.02. The summed E-state index contributed by atoms with van der Waals surface area (Å²) in [5, 5.41) is 0.912. The molecule has 0 saturated heterocycles. The zero-order valence-corrected chi connectivity index (χ0v) is 10.0. The summed E-state index contributed by atoms with van der Waals surface area (Å²) in [5.74, 6) is 0. The number of fused-ring (bicyclic) bond motifs is 1. The monoisotopic (exact) mass is 248 g/mol. The Labute approximate surface area is 101 Å². The van der Waals surface area contributed by atoms with Crippen LogP contribution in [0.15, 0.2) is 33.5 Å². The molecule has 0 saturated carbocycles. The van der Waals surface area contributed by atoms with Gasteiger partial charge >= 0.3 is 38.3 Å². The van der Waals surface area contributed by atoms with E-state index >= 15 is 0 Å². The molecule has 0 aliphatic rings. The van der Waals surface area contributed by atoms with Crippen LogP contribution in [-0.4, -0.2) is 0 Å². The van der Waals surface area contributed by atoms with Crippen molar-refractivity contribution in [2.45, 2.75) is 6.92 Å². The van der Waals surface area contributed by atoms with Gasteiger partial charge in [-0.15, -0.1) is 11.6 Å². The van der Waals surface area contributed by atoms with Crippen LogP contribution < -0.4 is 5.63 Å². The van der Waals surface area contributed by atoms with Crippen molar-refractivity contribution in [1.82, 2.24) is 0 Å². The summed E-state index contributed by atoms with van der Waals surface area (Å²) in [7, 11) is 0. The van der Waals surface area contributed by atoms with Crippen LogP contribution in [0.1, 0.15) is 5.56 Å². The molecule has 0 spiro atoms. The van der Waals surface area contributed by atoms with E-state index in [1.165, 1.54) is 6.07 Å². The number of rotatable bonds is 0. The first-order valence-electron chi connectivity index (χ1n) is 3.68. The van der Waals surface area contributed by atoms with Gasteiger partial charge in [-0.05, 0) is 0 Å². The molecule has 13 heavy (non-hydrogen) atoms. The summed E-state index contributed by atoms with van der Waals surface area (Å²) in [6, 6.07) is 9.71. The molecule has 0 amide bonds. The molecule has 0 bridgehead atoms. The average Bonchev–Trinajstić information content (AvgIpc) is 2.07. The fourth-order valence-corrected chi connectivity index (χ4v) is 1.17. The molecule has 1 aromatic carbocycles. The van der Waals surface area contributed by atoms with E-state index in [1.54, 1.807) is 18.2 Å². The normalized spacial score (nSPS) is 9.62. The van der Waals surface area contributed by atoms with Gasteiger partial charge in [0.25, 0.3) is 0 Å². The second-order valence-electron chi connectivity index (χ2n) is 2.68. The molecule has 2 rings (SSSR count). The Balaban J connectivity index is 0.000000845. The van der Waals surface area contributed by atoms with E-state index in [4.69, 9.17) is 4.42 Å². The van der Waals surface area contributed by atoms with E-state index in [0.29, 0.717) is 5.58 Å². The Morgan fingerprint density at radius 1 is 1.31 bits per heavy atom. The summed E-state index contributed by atoms with van der Waals surface area (Å²) in [5.41, 5.74) is 1.28. The van der Waals surface area contributed by atoms with Crippen molar-refractivity contribution in [3.63, 3.8) is 0 Å². The Kier molecular flexibility index (Phi) is 3.40. The summed E-state index contributed by atoms with van der Waals surface area (Å²) >= 11 is 0. The molecule has 2 aromatic rings. The fraction of sp³-hybridized carbons (Fsp3) is 0.100. The van der Waals surface area contributed by atoms with Crippen molar-refractivity contribution >= 4 is 11.0 Å². The standard InChI is InChI=1S/C10H7O2.Y/c1-7-3-2-4-8-5-6-9(11)12-10(7)8;/h3-6H,1H3;/q-1;+3. The Morgan fingerprint density at radius 3 is 2.85 bits per heavy atom. The Bertz CT molecular complexity index is 474. The second-order valence-corrected chi connectivity index (χ2v) is 2.68. The van der Waals surface area contributed by atoms with E-state index in [9.17, 15) is 4.79 Å². The van der Waals surface area contributed by atoms with Crippen molar-refractivity contribution in [2.75, 3.05) is 0 Å². The smallest absolute Gasteiger partial charge is 0.449 e. The van der Waals surface area contributed by atoms with E-state index < -0.39 is 0 Å². The molecular weight excluding hydrogens is 241 g/mol. The topological polar surface area (TPSA) is 30.2 Å². The van der Waals surface area contributed by atoms with Gasteiger partial charge in [-0.3, -0.25) is 0 Å². The van der Waals surface area contributed by atoms with Gasteiger partial charge in [0.05, 0.1) is 0 Å². The van der Waals surface area contributed by atoms with Crippen LogP contribution in [0.3, 0.4) is 0 Å². The summed E-state index contributed by atoms with van der Waals surface area (Å²) in [6.07, 6.45) is 0. The molecule has 0 radical (unpaired) electrons. The van der Waals surface area contributed by atoms with E-state index in [1.807, 2.05) is 6.92 Å². The van der Waals surface area contributed by atoms with Crippen LogP contribution >= 0.6 is 0 Å². The van der Waals surface area contributed by atoms with Crippen LogP contribution in [0, 0.1) is 13.0 Å². The van der Waals surface area contributed by atoms with Crippen molar-refractivity contribution in [3.8, 4) is 0 Å². The molecule has 0 aliphatic carbocycles. The van der Waals surface area contributed by atoms with Gasteiger partial charge in [-0.2, -0.15) is 18.2 Å². The number of hydrogen-bond acceptors (Lipinski definition) is 2. The zero-order chi connectivity index (χ0) is 8.55. The van der Waals surface area contributed by atoms with E-state index in [2.05, 4.69) is 6.07 Å². The molecule has 0 aliphatic heterocycles. The average molecular weight is 248 g/mol. The largest absolute Gasteiger partial charge is 3.00 e. The van der Waals surface area contributed by atoms with Gasteiger partial charge in [-0.1, -0.05) is 12.3 Å². The Morgan fingerprint density at radius 2 is 2.08 bits per heavy atom. The molecular formula is C10H7O2Y+2. The van der Waals surface area contributed by atoms with Gasteiger partial charge in [0.1, 0.15) is 0 Å². The van der Waals surface area contributed by atoms with Crippen LogP contribution in [0.25, 0.3) is 11.0 Å². The maximum Gasteiger partial charge on any atom is 3.00 e. The quantitative estimate of drug-likeness (QED) is 0.526. The Hall–Kier alpha value is -0.466. The van der Waals surface area contributed by atoms with Gasteiger partial charge in [0, 0.05) is 11.6 Å². The van der Waals surface area contributed by atoms with Crippen LogP contribution in [0.5, 0.6) is 0 Å². The van der Waals surface area contributed by atoms with Gasteiger partial charge < -0.3 is 4.42 Å². The predicted molar refractivity (Wildman–Crippen MR) is 46.1 cm³/mol. The molecule has 3 heteroatoms. The number of aryl methyl sites for hydroxylation is 1. The minimum Gasteiger partial charge on any atom is -0.449 e. The van der Waals surface area contributed by atoms with Gasteiger partial charge in [0.2, 0.25) is 0 Å². The van der Waals surface area contributed by atoms with Crippen LogP contribution in [0.4, 0.5) is 0 Å². The van der Waals surface area contributed by atoms with Crippen LogP contribution in [-0.2, 0) is 32.7 Å². The molecule has 1 heterocycles. The molecule has 0 fully saturated rings. The van der Waals surface area contributed by atoms with E-state index in [-0.39, 0.29) is 38.3 Å². The third-order valence-corrected chi connectivity index (χ3v) is 1.76. The van der Waals surface area contributed by atoms with Crippen molar-refractivity contribution in [1.29, 1.82) is 0 Å².